The van der Waals surface area contributed by atoms with Crippen LogP contribution in [0.2, 0.25) is 0 Å². The molecule has 0 amide bonds. The molecule has 0 aliphatic rings. The normalized spacial score (nSPS) is 10.6. The van der Waals surface area contributed by atoms with Gasteiger partial charge in [0.05, 0.1) is 4.88 Å². The molecule has 84 valence electrons. The first-order chi connectivity index (χ1) is 8.34. The van der Waals surface area contributed by atoms with Crippen molar-refractivity contribution in [3.05, 3.63) is 47.8 Å². The van der Waals surface area contributed by atoms with Crippen LogP contribution in [0.4, 0.5) is 0 Å². The van der Waals surface area contributed by atoms with Crippen LogP contribution in [0, 0.1) is 0 Å². The van der Waals surface area contributed by atoms with Crippen molar-refractivity contribution in [3.63, 3.8) is 0 Å². The Balaban J connectivity index is 2.04. The molecule has 0 aliphatic heterocycles. The second kappa shape index (κ2) is 4.07. The predicted molar refractivity (Wildman–Crippen MR) is 66.9 cm³/mol. The summed E-state index contributed by atoms with van der Waals surface area (Å²) in [7, 11) is 0. The molecule has 3 aromatic rings. The molecule has 0 atom stereocenters. The molecule has 3 nitrogen and oxygen atoms in total. The number of para-hydroxylation sites is 1. The summed E-state index contributed by atoms with van der Waals surface area (Å²) in [6.07, 6.45) is 0. The lowest BCUT2D eigenvalue weighted by Crippen LogP contribution is -1.76. The molecular weight excluding hydrogens is 234 g/mol. The molecule has 3 rings (SSSR count). The zero-order chi connectivity index (χ0) is 11.7. The van der Waals surface area contributed by atoms with Crippen LogP contribution in [0.5, 0.6) is 5.75 Å². The van der Waals surface area contributed by atoms with Crippen molar-refractivity contribution in [1.29, 1.82) is 0 Å². The topological polar surface area (TPSA) is 46.3 Å². The molecule has 4 heteroatoms. The molecule has 0 aliphatic carbocycles. The van der Waals surface area contributed by atoms with Crippen LogP contribution < -0.4 is 0 Å². The van der Waals surface area contributed by atoms with Gasteiger partial charge in [-0.25, -0.2) is 0 Å². The maximum Gasteiger partial charge on any atom is 0.177 e. The highest BCUT2D eigenvalue weighted by molar-refractivity contribution is 7.13. The van der Waals surface area contributed by atoms with E-state index in [0.717, 1.165) is 10.6 Å². The molecule has 0 fully saturated rings. The van der Waals surface area contributed by atoms with Gasteiger partial charge in [-0.15, -0.1) is 11.3 Å². The second-order valence-electron chi connectivity index (χ2n) is 3.57. The van der Waals surface area contributed by atoms with E-state index in [0.29, 0.717) is 11.3 Å². The summed E-state index contributed by atoms with van der Waals surface area (Å²) in [6.45, 7) is 0. The fourth-order valence-corrected chi connectivity index (χ4v) is 2.30. The quantitative estimate of drug-likeness (QED) is 0.745. The highest BCUT2D eigenvalue weighted by Gasteiger charge is 2.11. The van der Waals surface area contributed by atoms with Crippen molar-refractivity contribution in [2.24, 2.45) is 0 Å². The highest BCUT2D eigenvalue weighted by atomic mass is 32.1. The molecule has 0 unspecified atom stereocenters. The van der Waals surface area contributed by atoms with Gasteiger partial charge in [0.15, 0.2) is 5.76 Å². The van der Waals surface area contributed by atoms with Crippen LogP contribution in [0.25, 0.3) is 21.9 Å². The molecule has 0 spiro atoms. The first kappa shape index (κ1) is 10.1. The Bertz CT molecular complexity index is 628. The summed E-state index contributed by atoms with van der Waals surface area (Å²) in [5.74, 6) is 0.928. The van der Waals surface area contributed by atoms with Gasteiger partial charge in [0.1, 0.15) is 11.4 Å². The van der Waals surface area contributed by atoms with E-state index in [2.05, 4.69) is 5.16 Å². The minimum absolute atomic E-state index is 0.207. The fraction of sp³-hybridized carbons (Fsp3) is 0. The van der Waals surface area contributed by atoms with Gasteiger partial charge < -0.3 is 9.63 Å². The monoisotopic (exact) mass is 243 g/mol. The zero-order valence-electron chi connectivity index (χ0n) is 8.83. The van der Waals surface area contributed by atoms with E-state index in [-0.39, 0.29) is 5.75 Å². The van der Waals surface area contributed by atoms with Gasteiger partial charge in [-0.05, 0) is 23.6 Å². The minimum atomic E-state index is 0.207. The Morgan fingerprint density at radius 2 is 2.00 bits per heavy atom. The van der Waals surface area contributed by atoms with Crippen molar-refractivity contribution in [3.8, 4) is 27.6 Å². The Hall–Kier alpha value is -2.07. The van der Waals surface area contributed by atoms with Crippen LogP contribution in [0.3, 0.4) is 0 Å². The molecule has 0 bridgehead atoms. The third kappa shape index (κ3) is 1.83. The Labute approximate surface area is 102 Å². The van der Waals surface area contributed by atoms with E-state index in [9.17, 15) is 5.11 Å². The van der Waals surface area contributed by atoms with Gasteiger partial charge in [0, 0.05) is 11.6 Å². The van der Waals surface area contributed by atoms with E-state index in [1.165, 1.54) is 0 Å². The lowest BCUT2D eigenvalue weighted by atomic mass is 10.1. The third-order valence-electron chi connectivity index (χ3n) is 2.45. The van der Waals surface area contributed by atoms with Crippen LogP contribution in [-0.4, -0.2) is 10.3 Å². The van der Waals surface area contributed by atoms with Gasteiger partial charge in [-0.2, -0.15) is 0 Å². The van der Waals surface area contributed by atoms with E-state index in [4.69, 9.17) is 4.52 Å². The van der Waals surface area contributed by atoms with Gasteiger partial charge >= 0.3 is 0 Å². The number of phenolic OH excluding ortho intramolecular Hbond substituents is 1. The van der Waals surface area contributed by atoms with Crippen molar-refractivity contribution < 1.29 is 9.63 Å². The average molecular weight is 243 g/mol. The average Bonchev–Trinajstić information content (AvgIpc) is 3.00. The highest BCUT2D eigenvalue weighted by Crippen LogP contribution is 2.32. The molecule has 0 saturated carbocycles. The first-order valence-corrected chi connectivity index (χ1v) is 6.01. The maximum absolute atomic E-state index is 9.72. The van der Waals surface area contributed by atoms with Crippen LogP contribution >= 0.6 is 11.3 Å². The number of benzene rings is 1. The van der Waals surface area contributed by atoms with E-state index in [1.54, 1.807) is 23.5 Å². The lowest BCUT2D eigenvalue weighted by Gasteiger charge is -1.97. The van der Waals surface area contributed by atoms with E-state index in [1.807, 2.05) is 35.7 Å². The maximum atomic E-state index is 9.72. The van der Waals surface area contributed by atoms with Crippen LogP contribution in [-0.2, 0) is 0 Å². The largest absolute Gasteiger partial charge is 0.507 e. The number of hydrogen-bond acceptors (Lipinski definition) is 4. The lowest BCUT2D eigenvalue weighted by molar-refractivity contribution is 0.434. The summed E-state index contributed by atoms with van der Waals surface area (Å²) in [5.41, 5.74) is 1.32. The Kier molecular flexibility index (Phi) is 2.42. The molecule has 1 aromatic carbocycles. The van der Waals surface area contributed by atoms with Crippen molar-refractivity contribution in [2.45, 2.75) is 0 Å². The summed E-state index contributed by atoms with van der Waals surface area (Å²) in [6, 6.07) is 12.8. The molecular formula is C13H9NO2S. The van der Waals surface area contributed by atoms with Crippen molar-refractivity contribution in [1.82, 2.24) is 5.16 Å². The number of hydrogen-bond donors (Lipinski definition) is 1. The first-order valence-electron chi connectivity index (χ1n) is 5.13. The summed E-state index contributed by atoms with van der Waals surface area (Å²) >= 11 is 1.59. The molecule has 2 heterocycles. The smallest absolute Gasteiger partial charge is 0.177 e. The molecule has 2 aromatic heterocycles. The summed E-state index contributed by atoms with van der Waals surface area (Å²) < 4.78 is 5.27. The molecule has 0 saturated heterocycles. The zero-order valence-corrected chi connectivity index (χ0v) is 9.65. The Morgan fingerprint density at radius 3 is 2.76 bits per heavy atom. The number of aromatic hydroxyl groups is 1. The van der Waals surface area contributed by atoms with Crippen molar-refractivity contribution in [2.75, 3.05) is 0 Å². The number of nitrogens with zero attached hydrogens (tertiary/aromatic N) is 1. The van der Waals surface area contributed by atoms with Crippen molar-refractivity contribution >= 4 is 11.3 Å². The predicted octanol–water partition coefficient (Wildman–Crippen LogP) is 3.78. The molecule has 0 radical (unpaired) electrons. The number of rotatable bonds is 2. The molecule has 1 N–H and O–H groups in total. The van der Waals surface area contributed by atoms with E-state index < -0.39 is 0 Å². The summed E-state index contributed by atoms with van der Waals surface area (Å²) in [4.78, 5) is 1.03. The Morgan fingerprint density at radius 1 is 1.12 bits per heavy atom. The molecule has 17 heavy (non-hydrogen) atoms. The van der Waals surface area contributed by atoms with Crippen LogP contribution in [0.15, 0.2) is 52.4 Å². The number of thiophene rings is 1. The number of aromatic nitrogens is 1. The van der Waals surface area contributed by atoms with Crippen LogP contribution in [0.1, 0.15) is 0 Å². The SMILES string of the molecule is Oc1ccccc1-c1cc(-c2cccs2)on1. The minimum Gasteiger partial charge on any atom is -0.507 e. The third-order valence-corrected chi connectivity index (χ3v) is 3.34. The fourth-order valence-electron chi connectivity index (χ4n) is 1.63. The number of phenols is 1. The van der Waals surface area contributed by atoms with Gasteiger partial charge in [-0.3, -0.25) is 0 Å². The van der Waals surface area contributed by atoms with Gasteiger partial charge in [0.25, 0.3) is 0 Å². The standard InChI is InChI=1S/C13H9NO2S/c15-11-5-2-1-4-9(11)10-8-12(16-14-10)13-6-3-7-17-13/h1-8,15H. The van der Waals surface area contributed by atoms with Gasteiger partial charge in [-0.1, -0.05) is 23.4 Å². The van der Waals surface area contributed by atoms with E-state index >= 15 is 0 Å². The van der Waals surface area contributed by atoms with Gasteiger partial charge in [0.2, 0.25) is 0 Å². The summed E-state index contributed by atoms with van der Waals surface area (Å²) in [5, 5.41) is 15.7. The second-order valence-corrected chi connectivity index (χ2v) is 4.52.